The highest BCUT2D eigenvalue weighted by Gasteiger charge is 2.34. The predicted octanol–water partition coefficient (Wildman–Crippen LogP) is 1.59. The van der Waals surface area contributed by atoms with E-state index in [1.165, 1.54) is 18.2 Å². The lowest BCUT2D eigenvalue weighted by Crippen LogP contribution is -2.40. The number of nitrogens with zero attached hydrogens (tertiary/aromatic N) is 4. The maximum atomic E-state index is 13.5. The summed E-state index contributed by atoms with van der Waals surface area (Å²) in [5.41, 5.74) is 6.53. The summed E-state index contributed by atoms with van der Waals surface area (Å²) in [5, 5.41) is 11.8. The van der Waals surface area contributed by atoms with Crippen molar-refractivity contribution in [2.45, 2.75) is 25.3 Å². The maximum absolute atomic E-state index is 13.5. The molecule has 1 fully saturated rings. The van der Waals surface area contributed by atoms with Gasteiger partial charge in [-0.25, -0.2) is 9.07 Å². The van der Waals surface area contributed by atoms with Crippen molar-refractivity contribution in [3.05, 3.63) is 24.0 Å². The van der Waals surface area contributed by atoms with Crippen LogP contribution in [0.25, 0.3) is 11.4 Å². The lowest BCUT2D eigenvalue weighted by atomic mass is 9.94. The smallest absolute Gasteiger partial charge is 0.184 e. The average molecular weight is 277 g/mol. The van der Waals surface area contributed by atoms with Crippen LogP contribution in [0.15, 0.2) is 18.2 Å². The van der Waals surface area contributed by atoms with Crippen molar-refractivity contribution in [1.29, 1.82) is 0 Å². The van der Waals surface area contributed by atoms with E-state index in [0.29, 0.717) is 23.7 Å². The molecule has 2 N–H and O–H groups in total. The van der Waals surface area contributed by atoms with Crippen LogP contribution in [0.3, 0.4) is 0 Å². The molecule has 2 heterocycles. The summed E-state index contributed by atoms with van der Waals surface area (Å²) in [7, 11) is 0. The number of hydrogen-bond acceptors (Lipinski definition) is 5. The number of nitrogens with two attached hydrogens (primary N) is 1. The monoisotopic (exact) mass is 277 g/mol. The Morgan fingerprint density at radius 2 is 2.30 bits per heavy atom. The Bertz CT molecular complexity index is 621. The third-order valence-electron chi connectivity index (χ3n) is 3.65. The predicted molar refractivity (Wildman–Crippen MR) is 71.3 cm³/mol. The van der Waals surface area contributed by atoms with Gasteiger partial charge in [0.2, 0.25) is 0 Å². The van der Waals surface area contributed by atoms with Crippen molar-refractivity contribution >= 4 is 5.69 Å². The largest absolute Gasteiger partial charge is 0.398 e. The lowest BCUT2D eigenvalue weighted by molar-refractivity contribution is 0.00348. The van der Waals surface area contributed by atoms with E-state index < -0.39 is 0 Å². The molecule has 1 aromatic carbocycles. The molecule has 1 aliphatic rings. The zero-order chi connectivity index (χ0) is 14.2. The van der Waals surface area contributed by atoms with Crippen LogP contribution in [0.1, 0.15) is 19.8 Å². The van der Waals surface area contributed by atoms with Gasteiger partial charge in [-0.1, -0.05) is 0 Å². The van der Waals surface area contributed by atoms with Crippen LogP contribution in [0.4, 0.5) is 10.1 Å². The average Bonchev–Trinajstić information content (AvgIpc) is 2.92. The molecule has 0 saturated carbocycles. The minimum Gasteiger partial charge on any atom is -0.398 e. The molecule has 0 radical (unpaired) electrons. The lowest BCUT2D eigenvalue weighted by Gasteiger charge is -2.33. The van der Waals surface area contributed by atoms with Crippen molar-refractivity contribution < 1.29 is 9.13 Å². The van der Waals surface area contributed by atoms with E-state index in [-0.39, 0.29) is 11.4 Å². The van der Waals surface area contributed by atoms with Gasteiger partial charge in [-0.15, -0.1) is 5.10 Å². The quantitative estimate of drug-likeness (QED) is 0.843. The maximum Gasteiger partial charge on any atom is 0.184 e. The number of tetrazole rings is 1. The second-order valence-corrected chi connectivity index (χ2v) is 5.30. The summed E-state index contributed by atoms with van der Waals surface area (Å²) in [6.07, 6.45) is 1.84. The van der Waals surface area contributed by atoms with Gasteiger partial charge in [0.05, 0.1) is 12.1 Å². The molecule has 0 bridgehead atoms. The summed E-state index contributed by atoms with van der Waals surface area (Å²) in [6, 6.07) is 4.19. The van der Waals surface area contributed by atoms with E-state index in [0.717, 1.165) is 19.4 Å². The first-order valence-corrected chi connectivity index (χ1v) is 6.52. The first kappa shape index (κ1) is 13.0. The fourth-order valence-electron chi connectivity index (χ4n) is 2.53. The number of aromatic nitrogens is 4. The Kier molecular flexibility index (Phi) is 3.13. The summed E-state index contributed by atoms with van der Waals surface area (Å²) < 4.78 is 20.7. The molecule has 0 spiro atoms. The minimum atomic E-state index is -0.367. The molecule has 0 amide bonds. The normalized spacial score (nSPS) is 22.9. The number of nitrogen functional groups attached to an aromatic ring is 1. The summed E-state index contributed by atoms with van der Waals surface area (Å²) in [5.74, 6) is 0.101. The number of ether oxygens (including phenoxy) is 1. The van der Waals surface area contributed by atoms with Crippen LogP contribution in [-0.4, -0.2) is 33.4 Å². The van der Waals surface area contributed by atoms with Crippen LogP contribution < -0.4 is 5.73 Å². The molecule has 0 aliphatic carbocycles. The van der Waals surface area contributed by atoms with Crippen molar-refractivity contribution in [1.82, 2.24) is 20.2 Å². The summed E-state index contributed by atoms with van der Waals surface area (Å²) in [4.78, 5) is 0. The Labute approximate surface area is 115 Å². The van der Waals surface area contributed by atoms with E-state index in [9.17, 15) is 4.39 Å². The van der Waals surface area contributed by atoms with Gasteiger partial charge in [-0.05, 0) is 48.4 Å². The molecular formula is C13H16FN5O. The van der Waals surface area contributed by atoms with Crippen LogP contribution in [0, 0.1) is 5.82 Å². The Hall–Kier alpha value is -2.02. The molecule has 3 rings (SSSR count). The molecule has 6 nitrogen and oxygen atoms in total. The molecule has 1 unspecified atom stereocenters. The number of halogens is 1. The summed E-state index contributed by atoms with van der Waals surface area (Å²) in [6.45, 7) is 3.30. The van der Waals surface area contributed by atoms with Gasteiger partial charge in [0.15, 0.2) is 5.82 Å². The van der Waals surface area contributed by atoms with Crippen LogP contribution in [0.2, 0.25) is 0 Å². The third kappa shape index (κ3) is 2.14. The number of hydrogen-bond donors (Lipinski definition) is 1. The highest BCUT2D eigenvalue weighted by Crippen LogP contribution is 2.32. The van der Waals surface area contributed by atoms with Crippen LogP contribution in [0.5, 0.6) is 0 Å². The second-order valence-electron chi connectivity index (χ2n) is 5.30. The first-order valence-electron chi connectivity index (χ1n) is 6.52. The Morgan fingerprint density at radius 1 is 1.45 bits per heavy atom. The van der Waals surface area contributed by atoms with Gasteiger partial charge >= 0.3 is 0 Å². The van der Waals surface area contributed by atoms with Crippen molar-refractivity contribution in [2.24, 2.45) is 0 Å². The molecule has 1 saturated heterocycles. The minimum absolute atomic E-state index is 0.337. The van der Waals surface area contributed by atoms with Crippen molar-refractivity contribution in [3.8, 4) is 11.4 Å². The van der Waals surface area contributed by atoms with E-state index in [2.05, 4.69) is 15.5 Å². The van der Waals surface area contributed by atoms with Crippen LogP contribution in [-0.2, 0) is 10.3 Å². The Morgan fingerprint density at radius 3 is 3.05 bits per heavy atom. The van der Waals surface area contributed by atoms with Crippen LogP contribution >= 0.6 is 0 Å². The topological polar surface area (TPSA) is 78.9 Å². The Balaban J connectivity index is 2.08. The van der Waals surface area contributed by atoms with Crippen molar-refractivity contribution in [2.75, 3.05) is 18.9 Å². The molecule has 106 valence electrons. The first-order chi connectivity index (χ1) is 9.60. The third-order valence-corrected chi connectivity index (χ3v) is 3.65. The van der Waals surface area contributed by atoms with E-state index in [1.54, 1.807) is 4.68 Å². The van der Waals surface area contributed by atoms with E-state index in [4.69, 9.17) is 10.5 Å². The van der Waals surface area contributed by atoms with Gasteiger partial charge in [0.1, 0.15) is 5.82 Å². The zero-order valence-corrected chi connectivity index (χ0v) is 11.2. The highest BCUT2D eigenvalue weighted by atomic mass is 19.1. The molecule has 1 aliphatic heterocycles. The van der Waals surface area contributed by atoms with E-state index >= 15 is 0 Å². The zero-order valence-electron chi connectivity index (χ0n) is 11.2. The fraction of sp³-hybridized carbons (Fsp3) is 0.462. The molecule has 1 aromatic heterocycles. The van der Waals surface area contributed by atoms with Gasteiger partial charge in [-0.3, -0.25) is 0 Å². The van der Waals surface area contributed by atoms with Gasteiger partial charge < -0.3 is 10.5 Å². The number of benzene rings is 1. The SMILES string of the molecule is CC1(n2nnnc2-c2cc(F)ccc2N)CCCOC1. The number of anilines is 1. The standard InChI is InChI=1S/C13H16FN5O/c1-13(5-2-6-20-8-13)19-12(16-17-18-19)10-7-9(14)3-4-11(10)15/h3-4,7H,2,5-6,8,15H2,1H3. The number of rotatable bonds is 2. The van der Waals surface area contributed by atoms with Gasteiger partial charge in [-0.2, -0.15) is 0 Å². The molecule has 20 heavy (non-hydrogen) atoms. The molecule has 2 aromatic rings. The van der Waals surface area contributed by atoms with Gasteiger partial charge in [0.25, 0.3) is 0 Å². The van der Waals surface area contributed by atoms with E-state index in [1.807, 2.05) is 6.92 Å². The fourth-order valence-corrected chi connectivity index (χ4v) is 2.53. The van der Waals surface area contributed by atoms with Crippen molar-refractivity contribution in [3.63, 3.8) is 0 Å². The summed E-state index contributed by atoms with van der Waals surface area (Å²) >= 11 is 0. The van der Waals surface area contributed by atoms with Gasteiger partial charge in [0, 0.05) is 17.9 Å². The highest BCUT2D eigenvalue weighted by molar-refractivity contribution is 5.71. The molecule has 1 atom stereocenters. The molecular weight excluding hydrogens is 261 g/mol. The second kappa shape index (κ2) is 4.82. The molecule has 7 heteroatoms.